The lowest BCUT2D eigenvalue weighted by molar-refractivity contribution is -0.145. The third-order valence-electron chi connectivity index (χ3n) is 3.69. The molecule has 1 heterocycles. The number of benzene rings is 1. The number of imidazole rings is 1. The van der Waals surface area contributed by atoms with Gasteiger partial charge >= 0.3 is 5.97 Å². The Labute approximate surface area is 131 Å². The molecule has 0 N–H and O–H groups in total. The van der Waals surface area contributed by atoms with Gasteiger partial charge in [0.2, 0.25) is 0 Å². The van der Waals surface area contributed by atoms with Crippen LogP contribution in [0.4, 0.5) is 0 Å². The van der Waals surface area contributed by atoms with Crippen LogP contribution in [-0.2, 0) is 29.7 Å². The molecule has 0 aliphatic heterocycles. The predicted octanol–water partition coefficient (Wildman–Crippen LogP) is 2.23. The maximum atomic E-state index is 11.7. The highest BCUT2D eigenvalue weighted by Crippen LogP contribution is 2.12. The zero-order valence-electron chi connectivity index (χ0n) is 13.4. The molecule has 0 aliphatic rings. The van der Waals surface area contributed by atoms with E-state index < -0.39 is 0 Å². The molecule has 0 spiro atoms. The van der Waals surface area contributed by atoms with Crippen molar-refractivity contribution in [2.24, 2.45) is 13.0 Å². The van der Waals surface area contributed by atoms with E-state index in [9.17, 15) is 4.79 Å². The smallest absolute Gasteiger partial charge is 0.309 e. The fraction of sp³-hybridized carbons (Fsp3) is 0.412. The first-order valence-corrected chi connectivity index (χ1v) is 7.39. The summed E-state index contributed by atoms with van der Waals surface area (Å²) >= 11 is 0. The number of carbonyl (C=O) groups is 1. The summed E-state index contributed by atoms with van der Waals surface area (Å²) in [6.45, 7) is 4.07. The maximum Gasteiger partial charge on any atom is 0.309 e. The minimum Gasteiger partial charge on any atom is -0.469 e. The summed E-state index contributed by atoms with van der Waals surface area (Å²) < 4.78 is 6.84. The lowest BCUT2D eigenvalue weighted by Gasteiger charge is -2.25. The normalized spacial score (nSPS) is 12.4. The predicted molar refractivity (Wildman–Crippen MR) is 84.9 cm³/mol. The molecule has 0 saturated carbocycles. The number of aryl methyl sites for hydroxylation is 1. The van der Waals surface area contributed by atoms with Crippen LogP contribution in [0.2, 0.25) is 0 Å². The van der Waals surface area contributed by atoms with E-state index >= 15 is 0 Å². The van der Waals surface area contributed by atoms with E-state index in [0.29, 0.717) is 6.54 Å². The highest BCUT2D eigenvalue weighted by molar-refractivity contribution is 5.72. The fourth-order valence-electron chi connectivity index (χ4n) is 2.46. The molecule has 5 nitrogen and oxygen atoms in total. The quantitative estimate of drug-likeness (QED) is 0.736. The average molecular weight is 301 g/mol. The van der Waals surface area contributed by atoms with Crippen LogP contribution >= 0.6 is 0 Å². The summed E-state index contributed by atoms with van der Waals surface area (Å²) in [5.74, 6) is -0.343. The van der Waals surface area contributed by atoms with Crippen LogP contribution in [0.25, 0.3) is 0 Å². The van der Waals surface area contributed by atoms with Crippen molar-refractivity contribution < 1.29 is 9.53 Å². The Hall–Kier alpha value is -2.14. The highest BCUT2D eigenvalue weighted by Gasteiger charge is 2.19. The van der Waals surface area contributed by atoms with Crippen molar-refractivity contribution in [2.45, 2.75) is 20.0 Å². The van der Waals surface area contributed by atoms with E-state index in [1.165, 1.54) is 12.7 Å². The number of methoxy groups -OCH3 is 1. The summed E-state index contributed by atoms with van der Waals surface area (Å²) in [6.07, 6.45) is 3.65. The monoisotopic (exact) mass is 301 g/mol. The Morgan fingerprint density at radius 3 is 2.64 bits per heavy atom. The fourth-order valence-corrected chi connectivity index (χ4v) is 2.46. The Bertz CT molecular complexity index is 595. The van der Waals surface area contributed by atoms with Gasteiger partial charge in [-0.3, -0.25) is 9.69 Å². The second kappa shape index (κ2) is 7.75. The standard InChI is InChI=1S/C17H23N3O2/c1-14(17(21)22-3)10-20(11-15-7-5-4-6-8-15)12-16-9-18-13-19(16)2/h4-9,13-14H,10-12H2,1-3H3. The van der Waals surface area contributed by atoms with Crippen molar-refractivity contribution in [2.75, 3.05) is 13.7 Å². The Morgan fingerprint density at radius 2 is 2.05 bits per heavy atom. The molecule has 2 rings (SSSR count). The molecule has 118 valence electrons. The summed E-state index contributed by atoms with van der Waals surface area (Å²) in [6, 6.07) is 10.3. The zero-order valence-corrected chi connectivity index (χ0v) is 13.4. The van der Waals surface area contributed by atoms with Crippen molar-refractivity contribution >= 4 is 5.97 Å². The third-order valence-corrected chi connectivity index (χ3v) is 3.69. The minimum absolute atomic E-state index is 0.165. The van der Waals surface area contributed by atoms with Gasteiger partial charge in [0, 0.05) is 32.9 Å². The molecule has 1 atom stereocenters. The van der Waals surface area contributed by atoms with Crippen LogP contribution in [0.5, 0.6) is 0 Å². The summed E-state index contributed by atoms with van der Waals surface area (Å²) in [7, 11) is 3.41. The van der Waals surface area contributed by atoms with Gasteiger partial charge in [-0.2, -0.15) is 0 Å². The van der Waals surface area contributed by atoms with Crippen LogP contribution in [0.3, 0.4) is 0 Å². The van der Waals surface area contributed by atoms with Gasteiger partial charge in [-0.1, -0.05) is 37.3 Å². The van der Waals surface area contributed by atoms with Crippen molar-refractivity contribution in [1.29, 1.82) is 0 Å². The number of hydrogen-bond acceptors (Lipinski definition) is 4. The molecule has 0 aliphatic carbocycles. The molecular weight excluding hydrogens is 278 g/mol. The van der Waals surface area contributed by atoms with Gasteiger partial charge in [0.15, 0.2) is 0 Å². The van der Waals surface area contributed by atoms with Crippen molar-refractivity contribution in [3.05, 3.63) is 54.1 Å². The van der Waals surface area contributed by atoms with Gasteiger partial charge in [0.1, 0.15) is 0 Å². The average Bonchev–Trinajstić information content (AvgIpc) is 2.92. The number of esters is 1. The summed E-state index contributed by atoms with van der Waals surface area (Å²) in [4.78, 5) is 18.1. The molecule has 0 radical (unpaired) electrons. The van der Waals surface area contributed by atoms with Crippen molar-refractivity contribution in [3.63, 3.8) is 0 Å². The molecule has 0 bridgehead atoms. The molecule has 1 aromatic heterocycles. The molecule has 1 unspecified atom stereocenters. The SMILES string of the molecule is COC(=O)C(C)CN(Cc1ccccc1)Cc1cncn1C. The van der Waals surface area contributed by atoms with Crippen LogP contribution in [-0.4, -0.2) is 34.1 Å². The molecule has 0 saturated heterocycles. The van der Waals surface area contributed by atoms with Gasteiger partial charge in [0.05, 0.1) is 25.0 Å². The summed E-state index contributed by atoms with van der Waals surface area (Å²) in [5.41, 5.74) is 2.34. The third kappa shape index (κ3) is 4.43. The van der Waals surface area contributed by atoms with Gasteiger partial charge in [-0.15, -0.1) is 0 Å². The Kier molecular flexibility index (Phi) is 5.72. The van der Waals surface area contributed by atoms with Gasteiger partial charge in [-0.25, -0.2) is 4.98 Å². The molecule has 1 aromatic carbocycles. The largest absolute Gasteiger partial charge is 0.469 e. The van der Waals surface area contributed by atoms with Crippen LogP contribution in [0, 0.1) is 5.92 Å². The first-order valence-electron chi connectivity index (χ1n) is 7.39. The van der Waals surface area contributed by atoms with Gasteiger partial charge < -0.3 is 9.30 Å². The first-order chi connectivity index (χ1) is 10.6. The molecule has 0 amide bonds. The van der Waals surface area contributed by atoms with E-state index in [-0.39, 0.29) is 11.9 Å². The number of nitrogens with zero attached hydrogens (tertiary/aromatic N) is 3. The van der Waals surface area contributed by atoms with E-state index in [1.54, 1.807) is 6.33 Å². The van der Waals surface area contributed by atoms with Gasteiger partial charge in [-0.05, 0) is 5.56 Å². The lowest BCUT2D eigenvalue weighted by Crippen LogP contribution is -2.32. The van der Waals surface area contributed by atoms with E-state index in [4.69, 9.17) is 4.74 Å². The minimum atomic E-state index is -0.178. The number of aromatic nitrogens is 2. The topological polar surface area (TPSA) is 47.4 Å². The molecule has 5 heteroatoms. The number of rotatable bonds is 7. The lowest BCUT2D eigenvalue weighted by atomic mass is 10.1. The Morgan fingerprint density at radius 1 is 1.32 bits per heavy atom. The van der Waals surface area contributed by atoms with E-state index in [2.05, 4.69) is 22.0 Å². The number of hydrogen-bond donors (Lipinski definition) is 0. The zero-order chi connectivity index (χ0) is 15.9. The molecule has 2 aromatic rings. The highest BCUT2D eigenvalue weighted by atomic mass is 16.5. The van der Waals surface area contributed by atoms with Crippen molar-refractivity contribution in [3.8, 4) is 0 Å². The summed E-state index contributed by atoms with van der Waals surface area (Å²) in [5, 5.41) is 0. The first kappa shape index (κ1) is 16.2. The number of carbonyl (C=O) groups excluding carboxylic acids is 1. The van der Waals surface area contributed by atoms with Crippen LogP contribution < -0.4 is 0 Å². The molecular formula is C17H23N3O2. The van der Waals surface area contributed by atoms with Gasteiger partial charge in [0.25, 0.3) is 0 Å². The second-order valence-corrected chi connectivity index (χ2v) is 5.58. The van der Waals surface area contributed by atoms with Crippen molar-refractivity contribution in [1.82, 2.24) is 14.5 Å². The maximum absolute atomic E-state index is 11.7. The van der Waals surface area contributed by atoms with E-state index in [1.807, 2.05) is 42.9 Å². The molecule has 0 fully saturated rings. The molecule has 22 heavy (non-hydrogen) atoms. The van der Waals surface area contributed by atoms with Crippen LogP contribution in [0.15, 0.2) is 42.9 Å². The van der Waals surface area contributed by atoms with E-state index in [0.717, 1.165) is 18.8 Å². The van der Waals surface area contributed by atoms with Crippen LogP contribution in [0.1, 0.15) is 18.2 Å². The Balaban J connectivity index is 2.09. The second-order valence-electron chi connectivity index (χ2n) is 5.58. The number of ether oxygens (including phenoxy) is 1.